The van der Waals surface area contributed by atoms with Crippen LogP contribution >= 0.6 is 11.6 Å². The maximum Gasteiger partial charge on any atom is 0.262 e. The Balaban J connectivity index is 2.23. The minimum Gasteiger partial charge on any atom is -0.497 e. The number of nitrogens with zero attached hydrogens (tertiary/aromatic N) is 1. The van der Waals surface area contributed by atoms with Crippen molar-refractivity contribution in [3.8, 4) is 5.75 Å². The SMILES string of the molecule is COc1ccc2c(c1)c(C[C]=O)c(C)n2C(=O)c1ccc(Cl)cc1. The number of benzene rings is 2. The Labute approximate surface area is 144 Å². The van der Waals surface area contributed by atoms with Crippen molar-refractivity contribution in [3.05, 3.63) is 64.3 Å². The lowest BCUT2D eigenvalue weighted by atomic mass is 10.1. The van der Waals surface area contributed by atoms with Gasteiger partial charge in [0.1, 0.15) is 5.75 Å². The van der Waals surface area contributed by atoms with Gasteiger partial charge in [-0.05, 0) is 55.0 Å². The van der Waals surface area contributed by atoms with E-state index in [1.165, 1.54) is 0 Å². The summed E-state index contributed by atoms with van der Waals surface area (Å²) in [4.78, 5) is 23.9. The van der Waals surface area contributed by atoms with E-state index < -0.39 is 0 Å². The topological polar surface area (TPSA) is 48.3 Å². The summed E-state index contributed by atoms with van der Waals surface area (Å²) < 4.78 is 6.87. The van der Waals surface area contributed by atoms with Crippen LogP contribution in [-0.4, -0.2) is 23.9 Å². The molecule has 3 rings (SSSR count). The number of fused-ring (bicyclic) bond motifs is 1. The Morgan fingerprint density at radius 3 is 2.54 bits per heavy atom. The van der Waals surface area contributed by atoms with Gasteiger partial charge in [-0.2, -0.15) is 0 Å². The first-order valence-electron chi connectivity index (χ1n) is 7.40. The summed E-state index contributed by atoms with van der Waals surface area (Å²) in [5, 5.41) is 1.39. The summed E-state index contributed by atoms with van der Waals surface area (Å²) in [5.74, 6) is 0.502. The van der Waals surface area contributed by atoms with Crippen LogP contribution in [0, 0.1) is 6.92 Å². The lowest BCUT2D eigenvalue weighted by Gasteiger charge is -2.08. The van der Waals surface area contributed by atoms with Crippen LogP contribution in [0.2, 0.25) is 5.02 Å². The molecule has 0 amide bonds. The number of ether oxygens (including phenoxy) is 1. The highest BCUT2D eigenvalue weighted by molar-refractivity contribution is 6.30. The highest BCUT2D eigenvalue weighted by atomic mass is 35.5. The van der Waals surface area contributed by atoms with Crippen molar-refractivity contribution in [1.29, 1.82) is 0 Å². The van der Waals surface area contributed by atoms with Gasteiger partial charge >= 0.3 is 0 Å². The molecule has 0 saturated carbocycles. The number of halogens is 1. The van der Waals surface area contributed by atoms with Gasteiger partial charge in [-0.15, -0.1) is 0 Å². The first-order valence-corrected chi connectivity index (χ1v) is 7.77. The molecular weight excluding hydrogens is 326 g/mol. The van der Waals surface area contributed by atoms with E-state index >= 15 is 0 Å². The van der Waals surface area contributed by atoms with E-state index in [0.29, 0.717) is 16.3 Å². The molecule has 5 heteroatoms. The summed E-state index contributed by atoms with van der Waals surface area (Å²) in [5.41, 5.74) is 2.76. The van der Waals surface area contributed by atoms with Crippen molar-refractivity contribution in [2.45, 2.75) is 13.3 Å². The molecule has 0 aliphatic carbocycles. The third kappa shape index (κ3) is 2.69. The fourth-order valence-corrected chi connectivity index (χ4v) is 2.99. The van der Waals surface area contributed by atoms with Crippen LogP contribution in [0.15, 0.2) is 42.5 Å². The minimum absolute atomic E-state index is 0.121. The van der Waals surface area contributed by atoms with E-state index in [9.17, 15) is 9.59 Å². The van der Waals surface area contributed by atoms with Crippen molar-refractivity contribution in [3.63, 3.8) is 0 Å². The van der Waals surface area contributed by atoms with Crippen molar-refractivity contribution >= 4 is 34.7 Å². The van der Waals surface area contributed by atoms with E-state index in [1.807, 2.05) is 25.3 Å². The standard InChI is InChI=1S/C19H15ClNO3/c1-12-16(9-10-22)17-11-15(24-2)7-8-18(17)21(12)19(23)13-3-5-14(20)6-4-13/h3-8,11H,9H2,1-2H3. The van der Waals surface area contributed by atoms with Gasteiger partial charge in [-0.25, -0.2) is 0 Å². The van der Waals surface area contributed by atoms with Gasteiger partial charge in [0.2, 0.25) is 6.29 Å². The Morgan fingerprint density at radius 1 is 1.21 bits per heavy atom. The lowest BCUT2D eigenvalue weighted by molar-refractivity contribution is 0.0963. The Bertz CT molecular complexity index is 926. The van der Waals surface area contributed by atoms with Gasteiger partial charge in [-0.3, -0.25) is 14.2 Å². The summed E-state index contributed by atoms with van der Waals surface area (Å²) in [6.45, 7) is 1.83. The zero-order valence-electron chi connectivity index (χ0n) is 13.3. The van der Waals surface area contributed by atoms with Crippen molar-refractivity contribution in [2.24, 2.45) is 0 Å². The molecule has 0 aliphatic rings. The number of carbonyl (C=O) groups excluding carboxylic acids is 2. The van der Waals surface area contributed by atoms with E-state index in [0.717, 1.165) is 22.2 Å². The molecule has 3 aromatic rings. The Morgan fingerprint density at radius 2 is 1.92 bits per heavy atom. The molecular formula is C19H15ClNO3. The van der Waals surface area contributed by atoms with Gasteiger partial charge in [0.25, 0.3) is 5.91 Å². The van der Waals surface area contributed by atoms with Crippen molar-refractivity contribution < 1.29 is 14.3 Å². The highest BCUT2D eigenvalue weighted by Gasteiger charge is 2.20. The maximum absolute atomic E-state index is 13.0. The van der Waals surface area contributed by atoms with E-state index in [2.05, 4.69) is 0 Å². The first-order chi connectivity index (χ1) is 11.6. The number of rotatable bonds is 4. The van der Waals surface area contributed by atoms with Crippen LogP contribution in [0.3, 0.4) is 0 Å². The number of hydrogen-bond donors (Lipinski definition) is 0. The second-order valence-corrected chi connectivity index (χ2v) is 5.85. The summed E-state index contributed by atoms with van der Waals surface area (Å²) in [6, 6.07) is 12.2. The fourth-order valence-electron chi connectivity index (χ4n) is 2.87. The molecule has 4 nitrogen and oxygen atoms in total. The van der Waals surface area contributed by atoms with Gasteiger partial charge in [-0.1, -0.05) is 11.6 Å². The number of carbonyl (C=O) groups is 1. The molecule has 0 aliphatic heterocycles. The second-order valence-electron chi connectivity index (χ2n) is 5.42. The predicted octanol–water partition coefficient (Wildman–Crippen LogP) is 3.95. The third-order valence-electron chi connectivity index (χ3n) is 4.09. The molecule has 0 fully saturated rings. The minimum atomic E-state index is -0.170. The average Bonchev–Trinajstić information content (AvgIpc) is 2.86. The number of hydrogen-bond acceptors (Lipinski definition) is 3. The molecule has 1 aromatic heterocycles. The van der Waals surface area contributed by atoms with E-state index in [1.54, 1.807) is 42.0 Å². The molecule has 0 saturated heterocycles. The molecule has 0 unspecified atom stereocenters. The molecule has 121 valence electrons. The molecule has 0 atom stereocenters. The number of aromatic nitrogens is 1. The highest BCUT2D eigenvalue weighted by Crippen LogP contribution is 2.30. The van der Waals surface area contributed by atoms with Gasteiger partial charge < -0.3 is 4.74 Å². The fraction of sp³-hybridized carbons (Fsp3) is 0.158. The van der Waals surface area contributed by atoms with Gasteiger partial charge in [0, 0.05) is 28.1 Å². The molecule has 1 radical (unpaired) electrons. The van der Waals surface area contributed by atoms with Gasteiger partial charge in [0.05, 0.1) is 12.6 Å². The monoisotopic (exact) mass is 340 g/mol. The Hall–Kier alpha value is -2.59. The molecule has 1 heterocycles. The zero-order chi connectivity index (χ0) is 17.3. The Kier molecular flexibility index (Phi) is 4.40. The molecule has 0 N–H and O–H groups in total. The quantitative estimate of drug-likeness (QED) is 0.722. The van der Waals surface area contributed by atoms with Crippen LogP contribution in [0.1, 0.15) is 21.6 Å². The largest absolute Gasteiger partial charge is 0.497 e. The average molecular weight is 341 g/mol. The van der Waals surface area contributed by atoms with Crippen LogP contribution < -0.4 is 4.74 Å². The summed E-state index contributed by atoms with van der Waals surface area (Å²) in [7, 11) is 1.58. The van der Waals surface area contributed by atoms with Crippen LogP contribution in [0.4, 0.5) is 0 Å². The van der Waals surface area contributed by atoms with E-state index in [4.69, 9.17) is 16.3 Å². The smallest absolute Gasteiger partial charge is 0.262 e. The number of methoxy groups -OCH3 is 1. The lowest BCUT2D eigenvalue weighted by Crippen LogP contribution is -2.13. The zero-order valence-corrected chi connectivity index (χ0v) is 14.1. The molecule has 0 bridgehead atoms. The van der Waals surface area contributed by atoms with Crippen molar-refractivity contribution in [2.75, 3.05) is 7.11 Å². The summed E-state index contributed by atoms with van der Waals surface area (Å²) in [6.07, 6.45) is 2.04. The molecule has 0 spiro atoms. The van der Waals surface area contributed by atoms with E-state index in [-0.39, 0.29) is 12.3 Å². The predicted molar refractivity (Wildman–Crippen MR) is 93.8 cm³/mol. The molecule has 2 aromatic carbocycles. The maximum atomic E-state index is 13.0. The normalized spacial score (nSPS) is 10.8. The first kappa shape index (κ1) is 16.3. The second kappa shape index (κ2) is 6.49. The van der Waals surface area contributed by atoms with Crippen LogP contribution in [-0.2, 0) is 11.2 Å². The third-order valence-corrected chi connectivity index (χ3v) is 4.34. The van der Waals surface area contributed by atoms with Gasteiger partial charge in [0.15, 0.2) is 0 Å². The van der Waals surface area contributed by atoms with Crippen LogP contribution in [0.5, 0.6) is 5.75 Å². The van der Waals surface area contributed by atoms with Crippen LogP contribution in [0.25, 0.3) is 10.9 Å². The summed E-state index contributed by atoms with van der Waals surface area (Å²) >= 11 is 5.89. The van der Waals surface area contributed by atoms with Crippen molar-refractivity contribution in [1.82, 2.24) is 4.57 Å². The molecule has 24 heavy (non-hydrogen) atoms.